The number of hydrogen-bond acceptors (Lipinski definition) is 4. The number of hydrogen-bond donors (Lipinski definition) is 0. The van der Waals surface area contributed by atoms with Crippen molar-refractivity contribution in [3.05, 3.63) is 0 Å². The normalized spacial score (nSPS) is 9.75. The van der Waals surface area contributed by atoms with Gasteiger partial charge in [-0.2, -0.15) is 0 Å². The summed E-state index contributed by atoms with van der Waals surface area (Å²) in [5.74, 6) is 0. The molecule has 0 unspecified atom stereocenters. The third kappa shape index (κ3) is 0.924. The third-order valence-electron chi connectivity index (χ3n) is 0.650. The molecule has 0 aliphatic rings. The van der Waals surface area contributed by atoms with E-state index in [4.69, 9.17) is 10.7 Å². The Morgan fingerprint density at radius 2 is 2.50 bits per heavy atom. The summed E-state index contributed by atoms with van der Waals surface area (Å²) in [6.07, 6.45) is 0. The molecule has 0 aliphatic heterocycles. The Bertz CT molecular complexity index is 174. The molecule has 0 spiro atoms. The van der Waals surface area contributed by atoms with Gasteiger partial charge in [-0.05, 0) is 21.1 Å². The minimum absolute atomic E-state index is 0.603. The van der Waals surface area contributed by atoms with Gasteiger partial charge in [-0.1, -0.05) is 0 Å². The molecule has 0 saturated carbocycles. The van der Waals surface area contributed by atoms with Crippen LogP contribution in [0.3, 0.4) is 0 Å². The molecule has 0 aromatic carbocycles. The molecule has 1 heterocycles. The van der Waals surface area contributed by atoms with Crippen LogP contribution in [0.5, 0.6) is 0 Å². The molecule has 0 bridgehead atoms. The van der Waals surface area contributed by atoms with Crippen molar-refractivity contribution in [2.24, 2.45) is 7.05 Å². The van der Waals surface area contributed by atoms with Crippen LogP contribution in [0.15, 0.2) is 5.16 Å². The summed E-state index contributed by atoms with van der Waals surface area (Å²) in [4.78, 5) is 0. The van der Waals surface area contributed by atoms with E-state index in [2.05, 4.69) is 15.5 Å². The molecule has 0 amide bonds. The largest absolute Gasteiger partial charge is 0.224 e. The zero-order valence-electron chi connectivity index (χ0n) is 4.08. The lowest BCUT2D eigenvalue weighted by atomic mass is 11.2. The van der Waals surface area contributed by atoms with E-state index in [1.54, 1.807) is 7.05 Å². The van der Waals surface area contributed by atoms with Gasteiger partial charge in [0, 0.05) is 18.0 Å². The third-order valence-corrected chi connectivity index (χ3v) is 1.55. The lowest BCUT2D eigenvalue weighted by molar-refractivity contribution is 0.666. The van der Waals surface area contributed by atoms with Gasteiger partial charge in [0.2, 0.25) is 5.16 Å². The molecule has 44 valence electrons. The van der Waals surface area contributed by atoms with Crippen LogP contribution in [0.4, 0.5) is 0 Å². The van der Waals surface area contributed by atoms with Crippen LogP contribution < -0.4 is 0 Å². The van der Waals surface area contributed by atoms with Gasteiger partial charge in [-0.3, -0.25) is 0 Å². The van der Waals surface area contributed by atoms with Crippen LogP contribution in [0.1, 0.15) is 0 Å². The lowest BCUT2D eigenvalue weighted by Crippen LogP contribution is -1.90. The van der Waals surface area contributed by atoms with Gasteiger partial charge < -0.3 is 0 Å². The molecular weight excluding hydrogens is 148 g/mol. The maximum absolute atomic E-state index is 5.33. The zero-order chi connectivity index (χ0) is 5.98. The summed E-state index contributed by atoms with van der Waals surface area (Å²) in [6, 6.07) is 0. The Kier molecular flexibility index (Phi) is 1.69. The molecule has 0 saturated heterocycles. The van der Waals surface area contributed by atoms with E-state index >= 15 is 0 Å². The van der Waals surface area contributed by atoms with Crippen LogP contribution in [-0.2, 0) is 7.05 Å². The second kappa shape index (κ2) is 2.32. The van der Waals surface area contributed by atoms with Gasteiger partial charge in [-0.25, -0.2) is 4.68 Å². The molecule has 0 N–H and O–H groups in total. The summed E-state index contributed by atoms with van der Waals surface area (Å²) >= 11 is 0. The minimum atomic E-state index is 0.603. The van der Waals surface area contributed by atoms with Crippen molar-refractivity contribution in [3.63, 3.8) is 0 Å². The van der Waals surface area contributed by atoms with E-state index in [0.717, 1.165) is 11.0 Å². The van der Waals surface area contributed by atoms with Crippen LogP contribution in [0.25, 0.3) is 0 Å². The summed E-state index contributed by atoms with van der Waals surface area (Å²) in [5, 5.41) is 11.1. The lowest BCUT2D eigenvalue weighted by Gasteiger charge is -1.84. The van der Waals surface area contributed by atoms with Crippen molar-refractivity contribution in [1.82, 2.24) is 20.2 Å². The van der Waals surface area contributed by atoms with Crippen molar-refractivity contribution in [2.45, 2.75) is 5.16 Å². The fourth-order valence-electron chi connectivity index (χ4n) is 0.287. The van der Waals surface area contributed by atoms with Crippen molar-refractivity contribution in [1.29, 1.82) is 0 Å². The van der Waals surface area contributed by atoms with Crippen LogP contribution in [-0.4, -0.2) is 20.2 Å². The highest BCUT2D eigenvalue weighted by molar-refractivity contribution is 8.21. The first kappa shape index (κ1) is 5.84. The number of nitrogens with zero attached hydrogens (tertiary/aromatic N) is 4. The fraction of sp³-hybridized carbons (Fsp3) is 0.500. The van der Waals surface area contributed by atoms with Gasteiger partial charge >= 0.3 is 0 Å². The Labute approximate surface area is 54.7 Å². The standard InChI is InChI=1S/C2H3ClN4S/c1-7-2(8-3)4-5-6-7/h1H3. The van der Waals surface area contributed by atoms with Crippen molar-refractivity contribution >= 4 is 21.7 Å². The monoisotopic (exact) mass is 150 g/mol. The molecule has 4 nitrogen and oxygen atoms in total. The van der Waals surface area contributed by atoms with E-state index < -0.39 is 0 Å². The zero-order valence-corrected chi connectivity index (χ0v) is 5.65. The summed E-state index contributed by atoms with van der Waals surface area (Å²) in [7, 11) is 8.05. The first-order chi connectivity index (χ1) is 3.84. The highest BCUT2D eigenvalue weighted by Gasteiger charge is 1.97. The molecule has 0 aliphatic carbocycles. The Balaban J connectivity index is 2.92. The van der Waals surface area contributed by atoms with Crippen LogP contribution in [0.2, 0.25) is 0 Å². The molecule has 0 fully saturated rings. The molecule has 8 heavy (non-hydrogen) atoms. The summed E-state index contributed by atoms with van der Waals surface area (Å²) in [5.41, 5.74) is 0. The molecule has 1 aromatic heterocycles. The number of tetrazole rings is 1. The minimum Gasteiger partial charge on any atom is -0.223 e. The Morgan fingerprint density at radius 3 is 2.75 bits per heavy atom. The van der Waals surface area contributed by atoms with Crippen molar-refractivity contribution < 1.29 is 0 Å². The number of aromatic nitrogens is 4. The maximum Gasteiger partial charge on any atom is 0.224 e. The van der Waals surface area contributed by atoms with E-state index in [0.29, 0.717) is 5.16 Å². The number of aryl methyl sites for hydroxylation is 1. The van der Waals surface area contributed by atoms with Gasteiger partial charge in [-0.15, -0.1) is 5.10 Å². The van der Waals surface area contributed by atoms with E-state index in [1.165, 1.54) is 4.68 Å². The average molecular weight is 151 g/mol. The smallest absolute Gasteiger partial charge is 0.223 e. The number of rotatable bonds is 1. The topological polar surface area (TPSA) is 43.6 Å². The van der Waals surface area contributed by atoms with E-state index in [9.17, 15) is 0 Å². The van der Waals surface area contributed by atoms with E-state index in [1.807, 2.05) is 0 Å². The SMILES string of the molecule is Cn1nnnc1SCl. The molecule has 6 heteroatoms. The highest BCUT2D eigenvalue weighted by atomic mass is 35.7. The summed E-state index contributed by atoms with van der Waals surface area (Å²) in [6.45, 7) is 0. The van der Waals surface area contributed by atoms with E-state index in [-0.39, 0.29) is 0 Å². The van der Waals surface area contributed by atoms with Crippen molar-refractivity contribution in [3.8, 4) is 0 Å². The van der Waals surface area contributed by atoms with Gasteiger partial charge in [0.25, 0.3) is 0 Å². The molecule has 1 aromatic rings. The quantitative estimate of drug-likeness (QED) is 0.583. The summed E-state index contributed by atoms with van der Waals surface area (Å²) < 4.78 is 1.50. The van der Waals surface area contributed by atoms with Crippen molar-refractivity contribution in [2.75, 3.05) is 0 Å². The number of halogens is 1. The second-order valence-electron chi connectivity index (χ2n) is 1.16. The average Bonchev–Trinajstić information content (AvgIpc) is 2.14. The maximum atomic E-state index is 5.33. The van der Waals surface area contributed by atoms with Crippen LogP contribution in [0, 0.1) is 0 Å². The Hall–Kier alpha value is -0.290. The molecule has 1 rings (SSSR count). The first-order valence-electron chi connectivity index (χ1n) is 1.85. The first-order valence-corrected chi connectivity index (χ1v) is 3.50. The molecule has 0 atom stereocenters. The highest BCUT2D eigenvalue weighted by Crippen LogP contribution is 2.15. The molecule has 0 radical (unpaired) electrons. The van der Waals surface area contributed by atoms with Gasteiger partial charge in [0.05, 0.1) is 0 Å². The predicted molar refractivity (Wildman–Crippen MR) is 30.5 cm³/mol. The fourth-order valence-corrected chi connectivity index (χ4v) is 0.883. The second-order valence-corrected chi connectivity index (χ2v) is 2.14. The van der Waals surface area contributed by atoms with Crippen LogP contribution >= 0.6 is 21.7 Å². The predicted octanol–water partition coefficient (Wildman–Crippen LogP) is 0.456. The Morgan fingerprint density at radius 1 is 1.75 bits per heavy atom. The van der Waals surface area contributed by atoms with Gasteiger partial charge in [0.1, 0.15) is 0 Å². The molecular formula is C2H3ClN4S. The van der Waals surface area contributed by atoms with Gasteiger partial charge in [0.15, 0.2) is 0 Å².